The fourth-order valence-corrected chi connectivity index (χ4v) is 4.48. The van der Waals surface area contributed by atoms with Crippen molar-refractivity contribution in [3.05, 3.63) is 59.9 Å². The van der Waals surface area contributed by atoms with E-state index in [1.807, 2.05) is 31.2 Å². The Balaban J connectivity index is 1.32. The van der Waals surface area contributed by atoms with E-state index in [9.17, 15) is 14.6 Å². The highest BCUT2D eigenvalue weighted by Crippen LogP contribution is 2.28. The number of hydrogen-bond acceptors (Lipinski definition) is 6. The first-order chi connectivity index (χ1) is 15.3. The Labute approximate surface area is 189 Å². The maximum atomic E-state index is 13.2. The lowest BCUT2D eigenvalue weighted by Crippen LogP contribution is -2.55. The monoisotopic (exact) mass is 444 g/mol. The molecule has 2 aliphatic rings. The summed E-state index contributed by atoms with van der Waals surface area (Å²) in [5, 5.41) is 22.4. The molecule has 0 aromatic heterocycles. The number of aryl methyl sites for hydroxylation is 1. The highest BCUT2D eigenvalue weighted by Gasteiger charge is 2.39. The molecule has 174 valence electrons. The number of hydrogen-bond donors (Lipinski definition) is 2. The lowest BCUT2D eigenvalue weighted by atomic mass is 9.90. The van der Waals surface area contributed by atoms with Crippen LogP contribution in [0.3, 0.4) is 0 Å². The van der Waals surface area contributed by atoms with Gasteiger partial charge in [-0.15, -0.1) is 0 Å². The third kappa shape index (κ3) is 5.98. The fourth-order valence-electron chi connectivity index (χ4n) is 4.48. The number of anilines is 1. The van der Waals surface area contributed by atoms with Gasteiger partial charge in [-0.1, -0.05) is 17.7 Å². The number of β-amino-alcohol motifs (C(OH)–C–C–N with tert-alkyl or cyclic N) is 2. The van der Waals surface area contributed by atoms with Crippen LogP contribution in [0, 0.1) is 12.7 Å². The molecule has 2 N–H and O–H groups in total. The Morgan fingerprint density at radius 2 is 1.66 bits per heavy atom. The Morgan fingerprint density at radius 3 is 2.34 bits per heavy atom. The second kappa shape index (κ2) is 9.75. The minimum Gasteiger partial charge on any atom is -0.490 e. The molecule has 32 heavy (non-hydrogen) atoms. The van der Waals surface area contributed by atoms with Gasteiger partial charge >= 0.3 is 0 Å². The van der Waals surface area contributed by atoms with Crippen molar-refractivity contribution in [2.24, 2.45) is 0 Å². The third-order valence-electron chi connectivity index (χ3n) is 6.37. The van der Waals surface area contributed by atoms with Gasteiger partial charge in [0.2, 0.25) is 0 Å². The van der Waals surface area contributed by atoms with Crippen molar-refractivity contribution in [1.29, 1.82) is 0 Å². The van der Waals surface area contributed by atoms with Gasteiger partial charge in [0.25, 0.3) is 0 Å². The van der Waals surface area contributed by atoms with E-state index >= 15 is 0 Å². The van der Waals surface area contributed by atoms with E-state index in [1.54, 1.807) is 12.1 Å². The van der Waals surface area contributed by atoms with Crippen LogP contribution in [0.25, 0.3) is 0 Å². The number of benzene rings is 2. The van der Waals surface area contributed by atoms with Crippen LogP contribution in [-0.2, 0) is 4.74 Å². The molecule has 0 radical (unpaired) electrons. The van der Waals surface area contributed by atoms with Crippen molar-refractivity contribution in [2.75, 3.05) is 57.4 Å². The zero-order valence-electron chi connectivity index (χ0n) is 18.7. The molecule has 2 aliphatic heterocycles. The van der Waals surface area contributed by atoms with E-state index in [0.29, 0.717) is 57.9 Å². The molecule has 4 rings (SSSR count). The summed E-state index contributed by atoms with van der Waals surface area (Å²) in [7, 11) is 0. The van der Waals surface area contributed by atoms with Crippen molar-refractivity contribution in [3.8, 4) is 5.75 Å². The molecule has 6 nitrogen and oxygen atoms in total. The van der Waals surface area contributed by atoms with Crippen LogP contribution >= 0.6 is 0 Å². The molecule has 0 amide bonds. The van der Waals surface area contributed by atoms with E-state index in [-0.39, 0.29) is 19.0 Å². The summed E-state index contributed by atoms with van der Waals surface area (Å²) in [5.41, 5.74) is 0.143. The van der Waals surface area contributed by atoms with Crippen LogP contribution in [-0.4, -0.2) is 78.9 Å². The molecule has 0 spiro atoms. The van der Waals surface area contributed by atoms with Crippen LogP contribution in [0.2, 0.25) is 0 Å². The maximum absolute atomic E-state index is 13.2. The summed E-state index contributed by atoms with van der Waals surface area (Å²) in [6.07, 6.45) is 1.22. The van der Waals surface area contributed by atoms with Gasteiger partial charge < -0.3 is 24.6 Å². The largest absolute Gasteiger partial charge is 0.490 e. The quantitative estimate of drug-likeness (QED) is 0.714. The van der Waals surface area contributed by atoms with Gasteiger partial charge in [-0.05, 0) is 56.2 Å². The van der Waals surface area contributed by atoms with Crippen LogP contribution in [0.1, 0.15) is 18.4 Å². The van der Waals surface area contributed by atoms with E-state index in [0.717, 1.165) is 11.3 Å². The van der Waals surface area contributed by atoms with E-state index in [1.165, 1.54) is 12.1 Å². The number of halogens is 1. The molecule has 7 heteroatoms. The summed E-state index contributed by atoms with van der Waals surface area (Å²) in [6, 6.07) is 14.2. The van der Waals surface area contributed by atoms with Gasteiger partial charge in [0.15, 0.2) is 0 Å². The zero-order chi connectivity index (χ0) is 22.6. The third-order valence-corrected chi connectivity index (χ3v) is 6.37. The van der Waals surface area contributed by atoms with Crippen LogP contribution in [0.5, 0.6) is 5.75 Å². The Bertz CT molecular complexity index is 869. The highest BCUT2D eigenvalue weighted by atomic mass is 19.1. The van der Waals surface area contributed by atoms with E-state index in [4.69, 9.17) is 9.47 Å². The van der Waals surface area contributed by atoms with Crippen LogP contribution in [0.15, 0.2) is 48.5 Å². The topological polar surface area (TPSA) is 65.4 Å². The molecule has 2 aromatic carbocycles. The second-order valence-electron chi connectivity index (χ2n) is 9.28. The predicted molar refractivity (Wildman–Crippen MR) is 122 cm³/mol. The molecule has 2 heterocycles. The molecule has 1 atom stereocenters. The van der Waals surface area contributed by atoms with Gasteiger partial charge in [0, 0.05) is 38.4 Å². The average Bonchev–Trinajstić information content (AvgIpc) is 2.95. The standard InChI is InChI=1S/C25H33FN2O4/c1-20-2-8-23(9-3-20)32-19-25(30)17-27(14-15-31-18-25)16-24(29)10-12-28(13-11-24)22-6-4-21(26)5-7-22/h2-9,29-30H,10-19H2,1H3/t25-/m0/s1. The van der Waals surface area contributed by atoms with Gasteiger partial charge in [-0.2, -0.15) is 0 Å². The Kier molecular flexibility index (Phi) is 7.00. The molecule has 2 aromatic rings. The summed E-state index contributed by atoms with van der Waals surface area (Å²) < 4.78 is 24.7. The Morgan fingerprint density at radius 1 is 0.969 bits per heavy atom. The van der Waals surface area contributed by atoms with Gasteiger partial charge in [-0.3, -0.25) is 4.90 Å². The van der Waals surface area contributed by atoms with Gasteiger partial charge in [0.1, 0.15) is 23.8 Å². The molecule has 0 unspecified atom stereocenters. The minimum atomic E-state index is -1.15. The molecule has 0 saturated carbocycles. The Hall–Kier alpha value is -2.19. The molecular formula is C25H33FN2O4. The summed E-state index contributed by atoms with van der Waals surface area (Å²) in [5.74, 6) is 0.469. The van der Waals surface area contributed by atoms with Crippen molar-refractivity contribution in [2.45, 2.75) is 31.0 Å². The first-order valence-corrected chi connectivity index (χ1v) is 11.3. The number of ether oxygens (including phenoxy) is 2. The highest BCUT2D eigenvalue weighted by molar-refractivity contribution is 5.46. The van der Waals surface area contributed by atoms with Gasteiger partial charge in [0.05, 0.1) is 18.8 Å². The number of nitrogens with zero attached hydrogens (tertiary/aromatic N) is 2. The summed E-state index contributed by atoms with van der Waals surface area (Å²) >= 11 is 0. The molecule has 2 saturated heterocycles. The first kappa shape index (κ1) is 23.0. The SMILES string of the molecule is Cc1ccc(OC[C@@]2(O)COCCN(CC3(O)CCN(c4ccc(F)cc4)CC3)C2)cc1. The number of piperidine rings is 1. The van der Waals surface area contributed by atoms with Gasteiger partial charge in [-0.25, -0.2) is 4.39 Å². The molecule has 0 bridgehead atoms. The first-order valence-electron chi connectivity index (χ1n) is 11.3. The fraction of sp³-hybridized carbons (Fsp3) is 0.520. The lowest BCUT2D eigenvalue weighted by Gasteiger charge is -2.42. The zero-order valence-corrected chi connectivity index (χ0v) is 18.7. The van der Waals surface area contributed by atoms with Crippen molar-refractivity contribution in [1.82, 2.24) is 4.90 Å². The summed E-state index contributed by atoms with van der Waals surface area (Å²) in [6.45, 7) is 5.75. The maximum Gasteiger partial charge on any atom is 0.134 e. The van der Waals surface area contributed by atoms with Crippen LogP contribution in [0.4, 0.5) is 10.1 Å². The molecule has 2 fully saturated rings. The van der Waals surface area contributed by atoms with Crippen molar-refractivity contribution >= 4 is 5.69 Å². The number of rotatable bonds is 6. The lowest BCUT2D eigenvalue weighted by molar-refractivity contribution is -0.0742. The molecular weight excluding hydrogens is 411 g/mol. The van der Waals surface area contributed by atoms with E-state index in [2.05, 4.69) is 9.80 Å². The smallest absolute Gasteiger partial charge is 0.134 e. The summed E-state index contributed by atoms with van der Waals surface area (Å²) in [4.78, 5) is 4.25. The number of aliphatic hydroxyl groups is 2. The van der Waals surface area contributed by atoms with Crippen molar-refractivity contribution < 1.29 is 24.1 Å². The predicted octanol–water partition coefficient (Wildman–Crippen LogP) is 2.61. The normalized spacial score (nSPS) is 24.2. The molecule has 0 aliphatic carbocycles. The van der Waals surface area contributed by atoms with E-state index < -0.39 is 11.2 Å². The average molecular weight is 445 g/mol. The minimum absolute atomic E-state index is 0.128. The van der Waals surface area contributed by atoms with Crippen molar-refractivity contribution in [3.63, 3.8) is 0 Å². The second-order valence-corrected chi connectivity index (χ2v) is 9.28. The van der Waals surface area contributed by atoms with Crippen LogP contribution < -0.4 is 9.64 Å².